The minimum Gasteiger partial charge on any atom is -0.315 e. The Morgan fingerprint density at radius 3 is 2.72 bits per heavy atom. The summed E-state index contributed by atoms with van der Waals surface area (Å²) >= 11 is 1.99. The van der Waals surface area contributed by atoms with Crippen LogP contribution in [-0.2, 0) is 6.54 Å². The molecule has 0 spiro atoms. The van der Waals surface area contributed by atoms with E-state index in [1.54, 1.807) is 0 Å². The maximum Gasteiger partial charge on any atom is 0.0962 e. The molecule has 3 heteroatoms. The molecule has 2 unspecified atom stereocenters. The molecule has 1 N–H and O–H groups in total. The zero-order valence-corrected chi connectivity index (χ0v) is 12.4. The summed E-state index contributed by atoms with van der Waals surface area (Å²) < 4.78 is 0. The van der Waals surface area contributed by atoms with Crippen LogP contribution in [0, 0.1) is 5.92 Å². The second-order valence-electron chi connectivity index (χ2n) is 6.13. The van der Waals surface area contributed by atoms with Gasteiger partial charge in [-0.15, -0.1) is 11.3 Å². The number of thiazole rings is 1. The SMILES string of the molecule is CNCc1sc(C2CCCC(C)C2)nc1C1CC1. The van der Waals surface area contributed by atoms with E-state index in [2.05, 4.69) is 12.2 Å². The summed E-state index contributed by atoms with van der Waals surface area (Å²) in [7, 11) is 2.04. The van der Waals surface area contributed by atoms with Crippen LogP contribution in [0.4, 0.5) is 0 Å². The molecule has 0 bridgehead atoms. The lowest BCUT2D eigenvalue weighted by Gasteiger charge is -2.24. The van der Waals surface area contributed by atoms with Crippen molar-refractivity contribution in [2.24, 2.45) is 5.92 Å². The summed E-state index contributed by atoms with van der Waals surface area (Å²) in [4.78, 5) is 6.54. The summed E-state index contributed by atoms with van der Waals surface area (Å²) in [5, 5.41) is 4.74. The van der Waals surface area contributed by atoms with Crippen molar-refractivity contribution in [2.45, 2.75) is 63.8 Å². The Kier molecular flexibility index (Phi) is 3.71. The van der Waals surface area contributed by atoms with E-state index in [1.807, 2.05) is 18.4 Å². The van der Waals surface area contributed by atoms with Gasteiger partial charge in [-0.3, -0.25) is 0 Å². The first-order chi connectivity index (χ1) is 8.78. The summed E-state index contributed by atoms with van der Waals surface area (Å²) in [5.41, 5.74) is 1.43. The molecule has 0 radical (unpaired) electrons. The van der Waals surface area contributed by atoms with Crippen molar-refractivity contribution in [1.82, 2.24) is 10.3 Å². The largest absolute Gasteiger partial charge is 0.315 e. The van der Waals surface area contributed by atoms with E-state index in [0.29, 0.717) is 0 Å². The summed E-state index contributed by atoms with van der Waals surface area (Å²) in [5.74, 6) is 2.44. The van der Waals surface area contributed by atoms with Gasteiger partial charge in [0.2, 0.25) is 0 Å². The zero-order chi connectivity index (χ0) is 12.5. The molecule has 1 heterocycles. The second-order valence-corrected chi connectivity index (χ2v) is 7.25. The van der Waals surface area contributed by atoms with Crippen molar-refractivity contribution in [3.8, 4) is 0 Å². The van der Waals surface area contributed by atoms with E-state index in [0.717, 1.165) is 24.3 Å². The molecule has 100 valence electrons. The van der Waals surface area contributed by atoms with Crippen molar-refractivity contribution < 1.29 is 0 Å². The van der Waals surface area contributed by atoms with Gasteiger partial charge in [-0.05, 0) is 38.6 Å². The van der Waals surface area contributed by atoms with E-state index in [9.17, 15) is 0 Å². The minimum atomic E-state index is 0.752. The third-order valence-corrected chi connectivity index (χ3v) is 5.56. The lowest BCUT2D eigenvalue weighted by atomic mass is 9.83. The smallest absolute Gasteiger partial charge is 0.0962 e. The molecule has 2 fully saturated rings. The molecule has 2 aliphatic carbocycles. The van der Waals surface area contributed by atoms with Crippen LogP contribution >= 0.6 is 11.3 Å². The molecule has 0 saturated heterocycles. The van der Waals surface area contributed by atoms with E-state index in [4.69, 9.17) is 4.98 Å². The fourth-order valence-corrected chi connectivity index (χ4v) is 4.49. The lowest BCUT2D eigenvalue weighted by molar-refractivity contribution is 0.343. The van der Waals surface area contributed by atoms with Crippen molar-refractivity contribution in [3.05, 3.63) is 15.6 Å². The Morgan fingerprint density at radius 1 is 1.22 bits per heavy atom. The minimum absolute atomic E-state index is 0.752. The van der Waals surface area contributed by atoms with Gasteiger partial charge in [0.05, 0.1) is 10.7 Å². The third-order valence-electron chi connectivity index (χ3n) is 4.33. The van der Waals surface area contributed by atoms with E-state index >= 15 is 0 Å². The molecule has 18 heavy (non-hydrogen) atoms. The van der Waals surface area contributed by atoms with Crippen LogP contribution in [0.5, 0.6) is 0 Å². The van der Waals surface area contributed by atoms with E-state index in [1.165, 1.54) is 54.1 Å². The van der Waals surface area contributed by atoms with Gasteiger partial charge in [0.1, 0.15) is 0 Å². The highest BCUT2D eigenvalue weighted by atomic mass is 32.1. The average Bonchev–Trinajstić information content (AvgIpc) is 3.12. The zero-order valence-electron chi connectivity index (χ0n) is 11.5. The van der Waals surface area contributed by atoms with Gasteiger partial charge >= 0.3 is 0 Å². The van der Waals surface area contributed by atoms with Crippen LogP contribution in [0.25, 0.3) is 0 Å². The van der Waals surface area contributed by atoms with Gasteiger partial charge in [0.25, 0.3) is 0 Å². The second kappa shape index (κ2) is 5.30. The molecule has 1 aromatic heterocycles. The fourth-order valence-electron chi connectivity index (χ4n) is 3.18. The molecule has 2 nitrogen and oxygen atoms in total. The third kappa shape index (κ3) is 2.62. The molecule has 1 aromatic rings. The Balaban J connectivity index is 1.80. The van der Waals surface area contributed by atoms with Gasteiger partial charge in [-0.1, -0.05) is 19.8 Å². The molecule has 0 aromatic carbocycles. The van der Waals surface area contributed by atoms with Crippen LogP contribution in [0.2, 0.25) is 0 Å². The number of hydrogen-bond acceptors (Lipinski definition) is 3. The average molecular weight is 264 g/mol. The first kappa shape index (κ1) is 12.6. The van der Waals surface area contributed by atoms with Gasteiger partial charge in [-0.2, -0.15) is 0 Å². The Morgan fingerprint density at radius 2 is 2.06 bits per heavy atom. The maximum absolute atomic E-state index is 5.03. The predicted octanol–water partition coefficient (Wildman–Crippen LogP) is 4.03. The molecule has 0 amide bonds. The number of aromatic nitrogens is 1. The highest BCUT2D eigenvalue weighted by Gasteiger charge is 2.31. The van der Waals surface area contributed by atoms with Crippen LogP contribution < -0.4 is 5.32 Å². The number of nitrogens with one attached hydrogen (secondary N) is 1. The Bertz CT molecular complexity index is 409. The normalized spacial score (nSPS) is 28.6. The van der Waals surface area contributed by atoms with Crippen molar-refractivity contribution in [3.63, 3.8) is 0 Å². The van der Waals surface area contributed by atoms with Crippen molar-refractivity contribution in [1.29, 1.82) is 0 Å². The number of nitrogens with zero attached hydrogens (tertiary/aromatic N) is 1. The summed E-state index contributed by atoms with van der Waals surface area (Å²) in [6, 6.07) is 0. The first-order valence-electron chi connectivity index (χ1n) is 7.42. The van der Waals surface area contributed by atoms with Crippen LogP contribution in [0.3, 0.4) is 0 Å². The van der Waals surface area contributed by atoms with E-state index < -0.39 is 0 Å². The number of hydrogen-bond donors (Lipinski definition) is 1. The van der Waals surface area contributed by atoms with Crippen molar-refractivity contribution in [2.75, 3.05) is 7.05 Å². The molecule has 0 aliphatic heterocycles. The van der Waals surface area contributed by atoms with Gasteiger partial charge in [0.15, 0.2) is 0 Å². The maximum atomic E-state index is 5.03. The summed E-state index contributed by atoms with van der Waals surface area (Å²) in [6.07, 6.45) is 8.26. The molecule has 2 saturated carbocycles. The highest BCUT2D eigenvalue weighted by molar-refractivity contribution is 7.11. The van der Waals surface area contributed by atoms with Gasteiger partial charge in [0, 0.05) is 23.3 Å². The fraction of sp³-hybridized carbons (Fsp3) is 0.800. The van der Waals surface area contributed by atoms with E-state index in [-0.39, 0.29) is 0 Å². The van der Waals surface area contributed by atoms with Gasteiger partial charge < -0.3 is 5.32 Å². The first-order valence-corrected chi connectivity index (χ1v) is 8.23. The van der Waals surface area contributed by atoms with Gasteiger partial charge in [-0.25, -0.2) is 4.98 Å². The quantitative estimate of drug-likeness (QED) is 0.888. The van der Waals surface area contributed by atoms with Crippen LogP contribution in [0.15, 0.2) is 0 Å². The summed E-state index contributed by atoms with van der Waals surface area (Å²) in [6.45, 7) is 3.40. The van der Waals surface area contributed by atoms with Crippen LogP contribution in [-0.4, -0.2) is 12.0 Å². The Labute approximate surface area is 114 Å². The predicted molar refractivity (Wildman–Crippen MR) is 77.2 cm³/mol. The molecular formula is C15H24N2S. The van der Waals surface area contributed by atoms with Crippen molar-refractivity contribution >= 4 is 11.3 Å². The Hall–Kier alpha value is -0.410. The lowest BCUT2D eigenvalue weighted by Crippen LogP contribution is -2.11. The topological polar surface area (TPSA) is 24.9 Å². The monoisotopic (exact) mass is 264 g/mol. The van der Waals surface area contributed by atoms with Crippen LogP contribution in [0.1, 0.15) is 72.9 Å². The molecular weight excluding hydrogens is 240 g/mol. The highest BCUT2D eigenvalue weighted by Crippen LogP contribution is 2.45. The molecule has 2 atom stereocenters. The molecule has 2 aliphatic rings. The standard InChI is InChI=1S/C15H24N2S/c1-10-4-3-5-12(8-10)15-17-14(11-6-7-11)13(18-15)9-16-2/h10-12,16H,3-9H2,1-2H3. The molecule has 3 rings (SSSR count). The number of rotatable bonds is 4.